The summed E-state index contributed by atoms with van der Waals surface area (Å²) in [5, 5.41) is 3.77. The van der Waals surface area contributed by atoms with Gasteiger partial charge in [-0.2, -0.15) is 0 Å². The van der Waals surface area contributed by atoms with Crippen LogP contribution in [0.3, 0.4) is 0 Å². The van der Waals surface area contributed by atoms with Crippen LogP contribution in [-0.2, 0) is 19.4 Å². The molecule has 0 saturated heterocycles. The highest BCUT2D eigenvalue weighted by molar-refractivity contribution is 5.31. The van der Waals surface area contributed by atoms with Gasteiger partial charge in [-0.15, -0.1) is 0 Å². The molecule has 2 aromatic carbocycles. The van der Waals surface area contributed by atoms with E-state index in [2.05, 4.69) is 53.8 Å². The van der Waals surface area contributed by atoms with E-state index in [-0.39, 0.29) is 0 Å². The van der Waals surface area contributed by atoms with Gasteiger partial charge in [0.2, 0.25) is 0 Å². The Hall–Kier alpha value is -1.60. The summed E-state index contributed by atoms with van der Waals surface area (Å²) in [5.41, 5.74) is 6.07. The Morgan fingerprint density at radius 2 is 1.76 bits per heavy atom. The van der Waals surface area contributed by atoms with Gasteiger partial charge in [0.1, 0.15) is 0 Å². The summed E-state index contributed by atoms with van der Waals surface area (Å²) < 4.78 is 0. The lowest BCUT2D eigenvalue weighted by Gasteiger charge is -2.25. The zero-order valence-corrected chi connectivity index (χ0v) is 12.5. The molecule has 0 heterocycles. The highest BCUT2D eigenvalue weighted by atomic mass is 14.9. The molecule has 108 valence electrons. The first kappa shape index (κ1) is 13.1. The second-order valence-electron chi connectivity index (χ2n) is 6.61. The molecule has 0 spiro atoms. The lowest BCUT2D eigenvalue weighted by atomic mass is 9.88. The molecule has 0 aromatic heterocycles. The third-order valence-corrected chi connectivity index (χ3v) is 4.94. The monoisotopic (exact) mass is 277 g/mol. The first-order valence-corrected chi connectivity index (χ1v) is 8.27. The maximum Gasteiger partial charge on any atom is 0.0208 e. The van der Waals surface area contributed by atoms with E-state index in [1.807, 2.05) is 0 Å². The molecular weight excluding hydrogens is 254 g/mol. The molecular formula is C20H23N. The fraction of sp³-hybridized carbons (Fsp3) is 0.400. The van der Waals surface area contributed by atoms with E-state index >= 15 is 0 Å². The fourth-order valence-corrected chi connectivity index (χ4v) is 3.51. The zero-order chi connectivity index (χ0) is 14.1. The van der Waals surface area contributed by atoms with Crippen molar-refractivity contribution < 1.29 is 0 Å². The predicted molar refractivity (Wildman–Crippen MR) is 87.5 cm³/mol. The molecule has 1 saturated carbocycles. The van der Waals surface area contributed by atoms with E-state index in [0.717, 1.165) is 12.5 Å². The van der Waals surface area contributed by atoms with Crippen LogP contribution in [0.25, 0.3) is 0 Å². The summed E-state index contributed by atoms with van der Waals surface area (Å²) >= 11 is 0. The molecule has 2 aliphatic rings. The summed E-state index contributed by atoms with van der Waals surface area (Å²) in [6, 6.07) is 18.7. The number of fused-ring (bicyclic) bond motifs is 1. The Morgan fingerprint density at radius 3 is 2.62 bits per heavy atom. The van der Waals surface area contributed by atoms with Crippen LogP contribution in [0.1, 0.15) is 47.4 Å². The van der Waals surface area contributed by atoms with Crippen molar-refractivity contribution in [2.75, 3.05) is 0 Å². The number of hydrogen-bond donors (Lipinski definition) is 1. The smallest absolute Gasteiger partial charge is 0.0208 e. The van der Waals surface area contributed by atoms with Crippen LogP contribution in [0.5, 0.6) is 0 Å². The molecule has 21 heavy (non-hydrogen) atoms. The number of nitrogens with one attached hydrogen (secondary N) is 1. The number of benzene rings is 2. The molecule has 1 N–H and O–H groups in total. The van der Waals surface area contributed by atoms with Crippen molar-refractivity contribution in [3.8, 4) is 0 Å². The Kier molecular flexibility index (Phi) is 3.52. The molecule has 1 unspecified atom stereocenters. The standard InChI is InChI=1S/C20H23N/c1-2-6-19-13-20(11-10-16(19)5-1)21-14-15-4-3-7-18(12-15)17-8-9-17/h1-7,12,17,20-21H,8-11,13-14H2. The van der Waals surface area contributed by atoms with E-state index < -0.39 is 0 Å². The lowest BCUT2D eigenvalue weighted by Crippen LogP contribution is -2.34. The van der Waals surface area contributed by atoms with Gasteiger partial charge in [-0.25, -0.2) is 0 Å². The molecule has 1 heteroatoms. The van der Waals surface area contributed by atoms with Crippen molar-refractivity contribution in [1.82, 2.24) is 5.32 Å². The van der Waals surface area contributed by atoms with E-state index in [1.165, 1.54) is 43.2 Å². The lowest BCUT2D eigenvalue weighted by molar-refractivity contribution is 0.457. The van der Waals surface area contributed by atoms with Gasteiger partial charge in [-0.1, -0.05) is 48.5 Å². The summed E-state index contributed by atoms with van der Waals surface area (Å²) in [7, 11) is 0. The van der Waals surface area contributed by atoms with E-state index in [1.54, 1.807) is 11.1 Å². The third kappa shape index (κ3) is 3.03. The van der Waals surface area contributed by atoms with Gasteiger partial charge in [0, 0.05) is 12.6 Å². The molecule has 4 rings (SSSR count). The molecule has 0 aliphatic heterocycles. The quantitative estimate of drug-likeness (QED) is 0.882. The first-order chi connectivity index (χ1) is 10.4. The highest BCUT2D eigenvalue weighted by Crippen LogP contribution is 2.40. The summed E-state index contributed by atoms with van der Waals surface area (Å²) in [5.74, 6) is 0.853. The van der Waals surface area contributed by atoms with Crippen LogP contribution in [0.2, 0.25) is 0 Å². The largest absolute Gasteiger partial charge is 0.310 e. The van der Waals surface area contributed by atoms with Gasteiger partial charge >= 0.3 is 0 Å². The average Bonchev–Trinajstić information content (AvgIpc) is 3.38. The Bertz CT molecular complexity index is 627. The van der Waals surface area contributed by atoms with Crippen LogP contribution in [-0.4, -0.2) is 6.04 Å². The molecule has 1 fully saturated rings. The first-order valence-electron chi connectivity index (χ1n) is 8.27. The van der Waals surface area contributed by atoms with Crippen molar-refractivity contribution in [1.29, 1.82) is 0 Å². The normalized spacial score (nSPS) is 21.0. The number of rotatable bonds is 4. The highest BCUT2D eigenvalue weighted by Gasteiger charge is 2.23. The topological polar surface area (TPSA) is 12.0 Å². The van der Waals surface area contributed by atoms with Crippen molar-refractivity contribution in [2.45, 2.75) is 50.6 Å². The summed E-state index contributed by atoms with van der Waals surface area (Å²) in [6.07, 6.45) is 6.43. The van der Waals surface area contributed by atoms with Crippen LogP contribution < -0.4 is 5.32 Å². The fourth-order valence-electron chi connectivity index (χ4n) is 3.51. The molecule has 1 nitrogen and oxygen atoms in total. The summed E-state index contributed by atoms with van der Waals surface area (Å²) in [6.45, 7) is 1.01. The molecule has 2 aromatic rings. The van der Waals surface area contributed by atoms with Gasteiger partial charge in [0.15, 0.2) is 0 Å². The maximum atomic E-state index is 3.77. The predicted octanol–water partition coefficient (Wildman–Crippen LogP) is 4.21. The Labute approximate surface area is 127 Å². The van der Waals surface area contributed by atoms with Crippen LogP contribution in [0, 0.1) is 0 Å². The van der Waals surface area contributed by atoms with Crippen molar-refractivity contribution in [3.63, 3.8) is 0 Å². The van der Waals surface area contributed by atoms with Gasteiger partial charge in [-0.3, -0.25) is 0 Å². The van der Waals surface area contributed by atoms with Crippen LogP contribution >= 0.6 is 0 Å². The van der Waals surface area contributed by atoms with Crippen LogP contribution in [0.4, 0.5) is 0 Å². The van der Waals surface area contributed by atoms with Gasteiger partial charge in [-0.05, 0) is 60.3 Å². The van der Waals surface area contributed by atoms with Gasteiger partial charge < -0.3 is 5.32 Å². The number of aryl methyl sites for hydroxylation is 1. The maximum absolute atomic E-state index is 3.77. The molecule has 0 amide bonds. The minimum atomic E-state index is 0.629. The Morgan fingerprint density at radius 1 is 0.905 bits per heavy atom. The second kappa shape index (κ2) is 5.65. The summed E-state index contributed by atoms with van der Waals surface area (Å²) in [4.78, 5) is 0. The molecule has 0 radical (unpaired) electrons. The molecule has 1 atom stereocenters. The SMILES string of the molecule is c1cc(CNC2CCc3ccccc3C2)cc(C2CC2)c1. The second-order valence-corrected chi connectivity index (χ2v) is 6.61. The Balaban J connectivity index is 1.38. The van der Waals surface area contributed by atoms with E-state index in [4.69, 9.17) is 0 Å². The van der Waals surface area contributed by atoms with E-state index in [9.17, 15) is 0 Å². The minimum Gasteiger partial charge on any atom is -0.310 e. The minimum absolute atomic E-state index is 0.629. The van der Waals surface area contributed by atoms with Crippen LogP contribution in [0.15, 0.2) is 48.5 Å². The van der Waals surface area contributed by atoms with Gasteiger partial charge in [0.05, 0.1) is 0 Å². The molecule has 0 bridgehead atoms. The van der Waals surface area contributed by atoms with Crippen molar-refractivity contribution >= 4 is 0 Å². The van der Waals surface area contributed by atoms with Crippen molar-refractivity contribution in [3.05, 3.63) is 70.8 Å². The van der Waals surface area contributed by atoms with Crippen molar-refractivity contribution in [2.24, 2.45) is 0 Å². The third-order valence-electron chi connectivity index (χ3n) is 4.94. The van der Waals surface area contributed by atoms with E-state index in [0.29, 0.717) is 6.04 Å². The average molecular weight is 277 g/mol. The van der Waals surface area contributed by atoms with Gasteiger partial charge in [0.25, 0.3) is 0 Å². The zero-order valence-electron chi connectivity index (χ0n) is 12.5. The number of hydrogen-bond acceptors (Lipinski definition) is 1. The molecule has 2 aliphatic carbocycles.